The number of thiazole rings is 1. The van der Waals surface area contributed by atoms with E-state index < -0.39 is 0 Å². The minimum Gasteiger partial charge on any atom is -0.507 e. The topological polar surface area (TPSA) is 75.1 Å². The summed E-state index contributed by atoms with van der Waals surface area (Å²) >= 11 is 1.32. The van der Waals surface area contributed by atoms with E-state index in [1.807, 2.05) is 24.4 Å². The van der Waals surface area contributed by atoms with E-state index in [9.17, 15) is 9.90 Å². The first-order valence-corrected chi connectivity index (χ1v) is 7.48. The number of aryl methyl sites for hydroxylation is 1. The summed E-state index contributed by atoms with van der Waals surface area (Å²) in [6, 6.07) is 8.63. The largest absolute Gasteiger partial charge is 0.507 e. The lowest BCUT2D eigenvalue weighted by Crippen LogP contribution is -2.12. The van der Waals surface area contributed by atoms with Gasteiger partial charge in [-0.2, -0.15) is 0 Å². The second-order valence-corrected chi connectivity index (χ2v) is 5.61. The first kappa shape index (κ1) is 14.2. The van der Waals surface area contributed by atoms with Crippen LogP contribution in [0.2, 0.25) is 0 Å². The smallest absolute Gasteiger partial charge is 0.261 e. The van der Waals surface area contributed by atoms with Crippen molar-refractivity contribution in [3.05, 3.63) is 59.2 Å². The van der Waals surface area contributed by atoms with E-state index in [1.54, 1.807) is 24.5 Å². The van der Waals surface area contributed by atoms with E-state index in [1.165, 1.54) is 17.4 Å². The number of anilines is 1. The van der Waals surface area contributed by atoms with Crippen LogP contribution in [-0.4, -0.2) is 21.0 Å². The molecule has 110 valence electrons. The quantitative estimate of drug-likeness (QED) is 0.776. The molecular weight excluding hydrogens is 298 g/mol. The molecule has 5 nitrogen and oxygen atoms in total. The summed E-state index contributed by atoms with van der Waals surface area (Å²) in [5.41, 5.74) is 2.77. The molecule has 2 heterocycles. The number of nitrogens with one attached hydrogen (secondary N) is 1. The van der Waals surface area contributed by atoms with Crippen LogP contribution in [0.1, 0.15) is 15.9 Å². The molecule has 2 N–H and O–H groups in total. The van der Waals surface area contributed by atoms with E-state index in [-0.39, 0.29) is 17.2 Å². The molecule has 0 atom stereocenters. The van der Waals surface area contributed by atoms with Crippen molar-refractivity contribution in [2.75, 3.05) is 5.32 Å². The summed E-state index contributed by atoms with van der Waals surface area (Å²) in [4.78, 5) is 20.6. The first-order chi connectivity index (χ1) is 10.6. The standard InChI is InChI=1S/C16H13N3O2S/c1-10-4-5-14(20)12(7-10)15(21)19-16-18-13(9-22-16)11-3-2-6-17-8-11/h2-9,20H,1H3,(H,18,19,21). The zero-order chi connectivity index (χ0) is 15.5. The van der Waals surface area contributed by atoms with E-state index in [0.29, 0.717) is 5.13 Å². The first-order valence-electron chi connectivity index (χ1n) is 6.60. The normalized spacial score (nSPS) is 10.4. The van der Waals surface area contributed by atoms with Gasteiger partial charge in [-0.25, -0.2) is 4.98 Å². The summed E-state index contributed by atoms with van der Waals surface area (Å²) in [7, 11) is 0. The Kier molecular flexibility index (Phi) is 3.84. The highest BCUT2D eigenvalue weighted by Crippen LogP contribution is 2.25. The van der Waals surface area contributed by atoms with Gasteiger partial charge in [0.15, 0.2) is 5.13 Å². The Morgan fingerprint density at radius 2 is 2.18 bits per heavy atom. The van der Waals surface area contributed by atoms with Gasteiger partial charge in [0.25, 0.3) is 5.91 Å². The number of carbonyl (C=O) groups is 1. The zero-order valence-corrected chi connectivity index (χ0v) is 12.6. The molecule has 0 bridgehead atoms. The molecule has 6 heteroatoms. The molecule has 3 aromatic rings. The van der Waals surface area contributed by atoms with Crippen LogP contribution in [0.15, 0.2) is 48.1 Å². The van der Waals surface area contributed by atoms with Crippen LogP contribution in [0.5, 0.6) is 5.75 Å². The van der Waals surface area contributed by atoms with Crippen molar-refractivity contribution >= 4 is 22.4 Å². The second kappa shape index (κ2) is 5.95. The molecule has 2 aromatic heterocycles. The fraction of sp³-hybridized carbons (Fsp3) is 0.0625. The number of aromatic hydroxyl groups is 1. The molecule has 22 heavy (non-hydrogen) atoms. The van der Waals surface area contributed by atoms with Crippen LogP contribution in [0.25, 0.3) is 11.3 Å². The molecule has 0 fully saturated rings. The third-order valence-corrected chi connectivity index (χ3v) is 3.84. The summed E-state index contributed by atoms with van der Waals surface area (Å²) in [6.45, 7) is 1.86. The average molecular weight is 311 g/mol. The third kappa shape index (κ3) is 2.96. The van der Waals surface area contributed by atoms with Crippen molar-refractivity contribution in [1.29, 1.82) is 0 Å². The maximum atomic E-state index is 12.2. The number of nitrogens with zero attached hydrogens (tertiary/aromatic N) is 2. The van der Waals surface area contributed by atoms with E-state index >= 15 is 0 Å². The Morgan fingerprint density at radius 3 is 2.95 bits per heavy atom. The summed E-state index contributed by atoms with van der Waals surface area (Å²) in [6.07, 6.45) is 3.41. The SMILES string of the molecule is Cc1ccc(O)c(C(=O)Nc2nc(-c3cccnc3)cs2)c1. The minimum atomic E-state index is -0.381. The van der Waals surface area contributed by atoms with Crippen LogP contribution in [0.3, 0.4) is 0 Å². The molecule has 0 saturated heterocycles. The predicted molar refractivity (Wildman–Crippen MR) is 86.1 cm³/mol. The van der Waals surface area contributed by atoms with Gasteiger partial charge in [0.2, 0.25) is 0 Å². The van der Waals surface area contributed by atoms with Crippen molar-refractivity contribution < 1.29 is 9.90 Å². The molecule has 0 aliphatic heterocycles. The number of rotatable bonds is 3. The maximum absolute atomic E-state index is 12.2. The molecule has 0 aliphatic carbocycles. The summed E-state index contributed by atoms with van der Waals surface area (Å²) in [5, 5.41) is 14.8. The zero-order valence-electron chi connectivity index (χ0n) is 11.8. The highest BCUT2D eigenvalue weighted by atomic mass is 32.1. The van der Waals surface area contributed by atoms with Gasteiger partial charge >= 0.3 is 0 Å². The number of aromatic nitrogens is 2. The van der Waals surface area contributed by atoms with E-state index in [4.69, 9.17) is 0 Å². The third-order valence-electron chi connectivity index (χ3n) is 3.08. The predicted octanol–water partition coefficient (Wildman–Crippen LogP) is 3.47. The number of carbonyl (C=O) groups excluding carboxylic acids is 1. The fourth-order valence-corrected chi connectivity index (χ4v) is 2.69. The Labute approximate surface area is 131 Å². The molecule has 1 amide bonds. The maximum Gasteiger partial charge on any atom is 0.261 e. The van der Waals surface area contributed by atoms with Gasteiger partial charge in [0, 0.05) is 23.3 Å². The molecule has 0 radical (unpaired) electrons. The number of amides is 1. The van der Waals surface area contributed by atoms with Gasteiger partial charge < -0.3 is 5.11 Å². The number of hydrogen-bond acceptors (Lipinski definition) is 5. The fourth-order valence-electron chi connectivity index (χ4n) is 1.97. The monoisotopic (exact) mass is 311 g/mol. The molecular formula is C16H13N3O2S. The van der Waals surface area contributed by atoms with Gasteiger partial charge in [-0.15, -0.1) is 11.3 Å². The summed E-state index contributed by atoms with van der Waals surface area (Å²) < 4.78 is 0. The number of phenols is 1. The van der Waals surface area contributed by atoms with Crippen molar-refractivity contribution in [3.8, 4) is 17.0 Å². The van der Waals surface area contributed by atoms with Crippen LogP contribution >= 0.6 is 11.3 Å². The van der Waals surface area contributed by atoms with Gasteiger partial charge in [-0.05, 0) is 31.2 Å². The van der Waals surface area contributed by atoms with E-state index in [0.717, 1.165) is 16.8 Å². The van der Waals surface area contributed by atoms with Gasteiger partial charge in [0.1, 0.15) is 5.75 Å². The van der Waals surface area contributed by atoms with E-state index in [2.05, 4.69) is 15.3 Å². The number of pyridine rings is 1. The van der Waals surface area contributed by atoms with Gasteiger partial charge in [-0.3, -0.25) is 15.1 Å². The van der Waals surface area contributed by atoms with Crippen molar-refractivity contribution in [2.45, 2.75) is 6.92 Å². The van der Waals surface area contributed by atoms with Crippen molar-refractivity contribution in [3.63, 3.8) is 0 Å². The van der Waals surface area contributed by atoms with Crippen molar-refractivity contribution in [1.82, 2.24) is 9.97 Å². The Morgan fingerprint density at radius 1 is 1.32 bits per heavy atom. The van der Waals surface area contributed by atoms with Crippen LogP contribution in [0.4, 0.5) is 5.13 Å². The number of phenolic OH excluding ortho intramolecular Hbond substituents is 1. The van der Waals surface area contributed by atoms with Gasteiger partial charge in [0.05, 0.1) is 11.3 Å². The Hall–Kier alpha value is -2.73. The van der Waals surface area contributed by atoms with Crippen LogP contribution in [0, 0.1) is 6.92 Å². The molecule has 1 aromatic carbocycles. The lowest BCUT2D eigenvalue weighted by Gasteiger charge is -2.05. The molecule has 3 rings (SSSR count). The molecule has 0 unspecified atom stereocenters. The minimum absolute atomic E-state index is 0.0489. The summed E-state index contributed by atoms with van der Waals surface area (Å²) in [5.74, 6) is -0.430. The number of benzene rings is 1. The van der Waals surface area contributed by atoms with Crippen molar-refractivity contribution in [2.24, 2.45) is 0 Å². The molecule has 0 spiro atoms. The molecule has 0 aliphatic rings. The lowest BCUT2D eigenvalue weighted by atomic mass is 10.1. The Bertz CT molecular complexity index is 815. The average Bonchev–Trinajstić information content (AvgIpc) is 2.99. The second-order valence-electron chi connectivity index (χ2n) is 4.75. The van der Waals surface area contributed by atoms with Crippen LogP contribution < -0.4 is 5.32 Å². The number of hydrogen-bond donors (Lipinski definition) is 2. The Balaban J connectivity index is 1.81. The van der Waals surface area contributed by atoms with Crippen LogP contribution in [-0.2, 0) is 0 Å². The highest BCUT2D eigenvalue weighted by molar-refractivity contribution is 7.14. The van der Waals surface area contributed by atoms with Gasteiger partial charge in [-0.1, -0.05) is 11.6 Å². The highest BCUT2D eigenvalue weighted by Gasteiger charge is 2.13. The molecule has 0 saturated carbocycles. The lowest BCUT2D eigenvalue weighted by molar-refractivity contribution is 0.102.